The highest BCUT2D eigenvalue weighted by molar-refractivity contribution is 5.87. The molecule has 4 saturated carbocycles. The van der Waals surface area contributed by atoms with E-state index in [1.807, 2.05) is 0 Å². The second-order valence-electron chi connectivity index (χ2n) is 9.53. The second kappa shape index (κ2) is 5.65. The molecule has 4 rings (SSSR count). The van der Waals surface area contributed by atoms with Gasteiger partial charge in [0, 0.05) is 37.5 Å². The minimum absolute atomic E-state index is 0.0594. The summed E-state index contributed by atoms with van der Waals surface area (Å²) in [5, 5.41) is 0. The zero-order valence-corrected chi connectivity index (χ0v) is 15.7. The van der Waals surface area contributed by atoms with E-state index >= 15 is 0 Å². The van der Waals surface area contributed by atoms with Crippen molar-refractivity contribution in [3.05, 3.63) is 0 Å². The maximum absolute atomic E-state index is 12.5. The lowest BCUT2D eigenvalue weighted by Gasteiger charge is -2.60. The van der Waals surface area contributed by atoms with E-state index < -0.39 is 0 Å². The van der Waals surface area contributed by atoms with Gasteiger partial charge in [-0.1, -0.05) is 13.8 Å². The summed E-state index contributed by atoms with van der Waals surface area (Å²) in [4.78, 5) is 36.4. The molecule has 138 valence electrons. The third-order valence-electron chi connectivity index (χ3n) is 8.50. The Morgan fingerprint density at radius 2 is 1.80 bits per heavy atom. The van der Waals surface area contributed by atoms with Crippen LogP contribution in [0.1, 0.15) is 72.1 Å². The molecule has 4 aliphatic carbocycles. The van der Waals surface area contributed by atoms with Gasteiger partial charge in [-0.25, -0.2) is 0 Å². The monoisotopic (exact) mass is 346 g/mol. The van der Waals surface area contributed by atoms with Crippen molar-refractivity contribution < 1.29 is 19.1 Å². The maximum Gasteiger partial charge on any atom is 0.302 e. The predicted octanol–water partition coefficient (Wildman–Crippen LogP) is 3.71. The van der Waals surface area contributed by atoms with Crippen LogP contribution in [0, 0.1) is 34.5 Å². The fourth-order valence-corrected chi connectivity index (χ4v) is 7.17. The molecule has 0 aromatic rings. The molecule has 0 bridgehead atoms. The van der Waals surface area contributed by atoms with Crippen molar-refractivity contribution >= 4 is 17.5 Å². The number of fused-ring (bicyclic) bond motifs is 5. The minimum Gasteiger partial charge on any atom is -0.462 e. The largest absolute Gasteiger partial charge is 0.462 e. The Balaban J connectivity index is 1.71. The van der Waals surface area contributed by atoms with E-state index in [9.17, 15) is 14.4 Å². The fourth-order valence-electron chi connectivity index (χ4n) is 7.17. The smallest absolute Gasteiger partial charge is 0.302 e. The summed E-state index contributed by atoms with van der Waals surface area (Å²) in [6.45, 7) is 5.97. The molecule has 4 fully saturated rings. The van der Waals surface area contributed by atoms with E-state index in [-0.39, 0.29) is 28.8 Å². The topological polar surface area (TPSA) is 60.4 Å². The second-order valence-corrected chi connectivity index (χ2v) is 9.53. The third kappa shape index (κ3) is 2.43. The lowest BCUT2D eigenvalue weighted by atomic mass is 9.44. The molecule has 0 aliphatic heterocycles. The molecule has 4 nitrogen and oxygen atoms in total. The van der Waals surface area contributed by atoms with Gasteiger partial charge in [0.25, 0.3) is 0 Å². The van der Waals surface area contributed by atoms with Crippen molar-refractivity contribution in [1.29, 1.82) is 0 Å². The summed E-state index contributed by atoms with van der Waals surface area (Å²) in [7, 11) is 0. The van der Waals surface area contributed by atoms with E-state index in [0.717, 1.165) is 32.1 Å². The van der Waals surface area contributed by atoms with Crippen molar-refractivity contribution in [3.63, 3.8) is 0 Å². The standard InChI is InChI=1S/C21H30O4/c1-12(22)25-18-11-14-15-4-5-19(24)21(15,3)9-7-16(14)20(2)8-6-13(23)10-17(18)20/h14-18H,4-11H2,1-3H3/t14-,15-,16+,17?,18?,20+,21-/m0/s1. The Morgan fingerprint density at radius 1 is 1.04 bits per heavy atom. The molecule has 0 heterocycles. The van der Waals surface area contributed by atoms with Crippen LogP contribution in [0.2, 0.25) is 0 Å². The molecule has 25 heavy (non-hydrogen) atoms. The van der Waals surface area contributed by atoms with Gasteiger partial charge in [-0.15, -0.1) is 0 Å². The van der Waals surface area contributed by atoms with Crippen LogP contribution < -0.4 is 0 Å². The van der Waals surface area contributed by atoms with Crippen LogP contribution in [0.3, 0.4) is 0 Å². The summed E-state index contributed by atoms with van der Waals surface area (Å²) in [6.07, 6.45) is 6.57. The fraction of sp³-hybridized carbons (Fsp3) is 0.857. The third-order valence-corrected chi connectivity index (χ3v) is 8.50. The zero-order chi connectivity index (χ0) is 18.0. The average Bonchev–Trinajstić information content (AvgIpc) is 2.84. The number of Topliss-reactive ketones (excluding diaryl/α,β-unsaturated/α-hetero) is 2. The molecular weight excluding hydrogens is 316 g/mol. The van der Waals surface area contributed by atoms with Crippen LogP contribution in [0.25, 0.3) is 0 Å². The van der Waals surface area contributed by atoms with Crippen LogP contribution in [0.5, 0.6) is 0 Å². The summed E-state index contributed by atoms with van der Waals surface area (Å²) in [6, 6.07) is 0. The van der Waals surface area contributed by atoms with Gasteiger partial charge in [0.2, 0.25) is 0 Å². The first-order valence-electron chi connectivity index (χ1n) is 9.98. The van der Waals surface area contributed by atoms with E-state index in [2.05, 4.69) is 13.8 Å². The normalized spacial score (nSPS) is 49.2. The zero-order valence-electron chi connectivity index (χ0n) is 15.7. The van der Waals surface area contributed by atoms with Gasteiger partial charge in [-0.2, -0.15) is 0 Å². The first kappa shape index (κ1) is 17.2. The lowest BCUT2D eigenvalue weighted by molar-refractivity contribution is -0.185. The van der Waals surface area contributed by atoms with Crippen molar-refractivity contribution in [3.8, 4) is 0 Å². The molecule has 0 spiro atoms. The molecule has 0 saturated heterocycles. The number of ether oxygens (including phenoxy) is 1. The maximum atomic E-state index is 12.5. The number of hydrogen-bond donors (Lipinski definition) is 0. The van der Waals surface area contributed by atoms with Gasteiger partial charge in [0.15, 0.2) is 0 Å². The van der Waals surface area contributed by atoms with Gasteiger partial charge >= 0.3 is 5.97 Å². The molecule has 0 radical (unpaired) electrons. The first-order chi connectivity index (χ1) is 11.8. The van der Waals surface area contributed by atoms with Crippen molar-refractivity contribution in [2.24, 2.45) is 34.5 Å². The Hall–Kier alpha value is -1.19. The number of carbonyl (C=O) groups is 3. The van der Waals surface area contributed by atoms with Crippen molar-refractivity contribution in [1.82, 2.24) is 0 Å². The summed E-state index contributed by atoms with van der Waals surface area (Å²) in [5.74, 6) is 2.09. The Morgan fingerprint density at radius 3 is 2.52 bits per heavy atom. The summed E-state index contributed by atoms with van der Waals surface area (Å²) >= 11 is 0. The van der Waals surface area contributed by atoms with Crippen LogP contribution in [-0.2, 0) is 19.1 Å². The van der Waals surface area contributed by atoms with Crippen molar-refractivity contribution in [2.45, 2.75) is 78.2 Å². The van der Waals surface area contributed by atoms with E-state index in [0.29, 0.717) is 48.6 Å². The molecule has 0 amide bonds. The molecule has 4 heteroatoms. The molecule has 0 aromatic carbocycles. The Bertz CT molecular complexity index is 625. The number of esters is 1. The highest BCUT2D eigenvalue weighted by Gasteiger charge is 2.62. The van der Waals surface area contributed by atoms with Gasteiger partial charge in [0.1, 0.15) is 17.7 Å². The molecule has 2 unspecified atom stereocenters. The first-order valence-corrected chi connectivity index (χ1v) is 9.98. The van der Waals surface area contributed by atoms with Crippen molar-refractivity contribution in [2.75, 3.05) is 0 Å². The average molecular weight is 346 g/mol. The SMILES string of the molecule is CC(=O)OC1C[C@@H]2[C@@H](CC[C@]3(C)C(=O)CC[C@@H]23)[C@@]2(C)CCC(=O)CC12. The van der Waals surface area contributed by atoms with Gasteiger partial charge in [-0.3, -0.25) is 14.4 Å². The number of carbonyl (C=O) groups excluding carboxylic acids is 3. The van der Waals surface area contributed by atoms with Gasteiger partial charge in [-0.05, 0) is 55.3 Å². The van der Waals surface area contributed by atoms with E-state index in [4.69, 9.17) is 4.74 Å². The Labute approximate surface area is 150 Å². The molecule has 0 N–H and O–H groups in total. The highest BCUT2D eigenvalue weighted by Crippen LogP contribution is 2.65. The summed E-state index contributed by atoms with van der Waals surface area (Å²) in [5.41, 5.74) is -0.112. The van der Waals surface area contributed by atoms with Gasteiger partial charge in [0.05, 0.1) is 0 Å². The number of ketones is 2. The summed E-state index contributed by atoms with van der Waals surface area (Å²) < 4.78 is 5.76. The number of hydrogen-bond acceptors (Lipinski definition) is 4. The quantitative estimate of drug-likeness (QED) is 0.679. The van der Waals surface area contributed by atoms with E-state index in [1.165, 1.54) is 6.92 Å². The molecule has 0 aromatic heterocycles. The van der Waals surface area contributed by atoms with E-state index in [1.54, 1.807) is 0 Å². The van der Waals surface area contributed by atoms with Crippen LogP contribution in [-0.4, -0.2) is 23.6 Å². The minimum atomic E-state index is -0.245. The molecule has 7 atom stereocenters. The predicted molar refractivity (Wildman–Crippen MR) is 92.7 cm³/mol. The highest BCUT2D eigenvalue weighted by atomic mass is 16.5. The Kier molecular flexibility index (Phi) is 3.90. The van der Waals surface area contributed by atoms with Crippen LogP contribution >= 0.6 is 0 Å². The van der Waals surface area contributed by atoms with Gasteiger partial charge < -0.3 is 4.74 Å². The molecule has 4 aliphatic rings. The lowest BCUT2D eigenvalue weighted by Crippen LogP contribution is -2.58. The van der Waals surface area contributed by atoms with Crippen LogP contribution in [0.15, 0.2) is 0 Å². The van der Waals surface area contributed by atoms with Crippen LogP contribution in [0.4, 0.5) is 0 Å². The molecular formula is C21H30O4. The number of rotatable bonds is 1.